The van der Waals surface area contributed by atoms with Gasteiger partial charge < -0.3 is 31.3 Å². The standard InChI is InChI=1S/C22H36NO3.BrH/c1-4-23(3,5-2)16-17-26-21(25)22(18-24,19-12-8-6-9-13-19)20-14-10-7-11-15-20;/h6,8-9,12-13,20,24H,4-5,7,10-11,14-18H2,1-3H3;1H/q+1;/p-1. The number of esters is 1. The first-order chi connectivity index (χ1) is 12.5. The lowest BCUT2D eigenvalue weighted by molar-refractivity contribution is -0.906. The number of aliphatic hydroxyl groups excluding tert-OH is 1. The smallest absolute Gasteiger partial charge is 0.319 e. The van der Waals surface area contributed by atoms with E-state index in [1.165, 1.54) is 6.42 Å². The summed E-state index contributed by atoms with van der Waals surface area (Å²) in [6.07, 6.45) is 5.40. The molecule has 1 saturated carbocycles. The minimum absolute atomic E-state index is 0. The molecule has 1 atom stereocenters. The van der Waals surface area contributed by atoms with Gasteiger partial charge in [-0.1, -0.05) is 49.6 Å². The van der Waals surface area contributed by atoms with Crippen LogP contribution in [0, 0.1) is 5.92 Å². The number of carbonyl (C=O) groups excluding carboxylic acids is 1. The zero-order valence-electron chi connectivity index (χ0n) is 17.1. The molecule has 0 amide bonds. The van der Waals surface area contributed by atoms with E-state index >= 15 is 0 Å². The molecule has 0 aromatic heterocycles. The van der Waals surface area contributed by atoms with E-state index in [1.54, 1.807) is 0 Å². The summed E-state index contributed by atoms with van der Waals surface area (Å²) in [4.78, 5) is 13.3. The van der Waals surface area contributed by atoms with Gasteiger partial charge in [-0.05, 0) is 38.2 Å². The van der Waals surface area contributed by atoms with Gasteiger partial charge in [0.1, 0.15) is 18.6 Å². The Kier molecular flexibility index (Phi) is 9.99. The minimum atomic E-state index is -0.927. The van der Waals surface area contributed by atoms with Crippen molar-refractivity contribution in [3.63, 3.8) is 0 Å². The van der Waals surface area contributed by atoms with E-state index in [2.05, 4.69) is 20.9 Å². The maximum absolute atomic E-state index is 13.3. The predicted molar refractivity (Wildman–Crippen MR) is 105 cm³/mol. The molecule has 0 aliphatic heterocycles. The molecule has 1 aliphatic carbocycles. The van der Waals surface area contributed by atoms with Crippen molar-refractivity contribution in [3.05, 3.63) is 35.9 Å². The molecule has 0 bridgehead atoms. The van der Waals surface area contributed by atoms with Crippen LogP contribution in [0.1, 0.15) is 51.5 Å². The fraction of sp³-hybridized carbons (Fsp3) is 0.682. The molecule has 4 nitrogen and oxygen atoms in total. The van der Waals surface area contributed by atoms with Gasteiger partial charge in [-0.15, -0.1) is 0 Å². The number of likely N-dealkylation sites (N-methyl/N-ethyl adjacent to an activating group) is 1. The summed E-state index contributed by atoms with van der Waals surface area (Å²) < 4.78 is 6.67. The van der Waals surface area contributed by atoms with Crippen molar-refractivity contribution in [3.8, 4) is 0 Å². The van der Waals surface area contributed by atoms with Crippen molar-refractivity contribution in [2.45, 2.75) is 51.4 Å². The van der Waals surface area contributed by atoms with Gasteiger partial charge in [0.05, 0.1) is 26.7 Å². The first-order valence-corrected chi connectivity index (χ1v) is 10.2. The lowest BCUT2D eigenvalue weighted by Gasteiger charge is -2.40. The Labute approximate surface area is 175 Å². The van der Waals surface area contributed by atoms with Gasteiger partial charge in [0.25, 0.3) is 0 Å². The fourth-order valence-electron chi connectivity index (χ4n) is 4.16. The highest BCUT2D eigenvalue weighted by atomic mass is 79.9. The highest BCUT2D eigenvalue weighted by Gasteiger charge is 2.48. The monoisotopic (exact) mass is 441 g/mol. The Balaban J connectivity index is 0.00000364. The van der Waals surface area contributed by atoms with Crippen LogP contribution in [0.25, 0.3) is 0 Å². The summed E-state index contributed by atoms with van der Waals surface area (Å²) in [5, 5.41) is 10.4. The van der Waals surface area contributed by atoms with Gasteiger partial charge in [-0.2, -0.15) is 0 Å². The Morgan fingerprint density at radius 1 is 1.15 bits per heavy atom. The van der Waals surface area contributed by atoms with Crippen LogP contribution in [0.4, 0.5) is 0 Å². The molecule has 0 radical (unpaired) electrons. The van der Waals surface area contributed by atoms with Gasteiger partial charge in [-0.3, -0.25) is 4.79 Å². The lowest BCUT2D eigenvalue weighted by atomic mass is 9.65. The van der Waals surface area contributed by atoms with Crippen LogP contribution >= 0.6 is 0 Å². The predicted octanol–water partition coefficient (Wildman–Crippen LogP) is 0.531. The highest BCUT2D eigenvalue weighted by Crippen LogP contribution is 2.42. The number of aliphatic hydroxyl groups is 1. The van der Waals surface area contributed by atoms with Gasteiger partial charge in [0, 0.05) is 0 Å². The number of carbonyl (C=O) groups is 1. The number of ether oxygens (including phenoxy) is 1. The third-order valence-electron chi connectivity index (χ3n) is 6.60. The number of halogens is 1. The van der Waals surface area contributed by atoms with Crippen LogP contribution < -0.4 is 17.0 Å². The van der Waals surface area contributed by atoms with E-state index in [0.29, 0.717) is 6.61 Å². The number of rotatable bonds is 9. The van der Waals surface area contributed by atoms with Crippen molar-refractivity contribution in [1.29, 1.82) is 0 Å². The van der Waals surface area contributed by atoms with Crippen molar-refractivity contribution in [1.82, 2.24) is 0 Å². The number of quaternary nitrogens is 1. The molecule has 27 heavy (non-hydrogen) atoms. The van der Waals surface area contributed by atoms with E-state index in [1.807, 2.05) is 30.3 Å². The van der Waals surface area contributed by atoms with E-state index < -0.39 is 5.41 Å². The quantitative estimate of drug-likeness (QED) is 0.449. The molecule has 1 N–H and O–H groups in total. The molecule has 0 heterocycles. The van der Waals surface area contributed by atoms with Crippen molar-refractivity contribution in [2.24, 2.45) is 5.92 Å². The Morgan fingerprint density at radius 3 is 2.26 bits per heavy atom. The van der Waals surface area contributed by atoms with Crippen LogP contribution in [-0.4, -0.2) is 55.5 Å². The highest BCUT2D eigenvalue weighted by molar-refractivity contribution is 5.84. The summed E-state index contributed by atoms with van der Waals surface area (Å²) >= 11 is 0. The van der Waals surface area contributed by atoms with Crippen LogP contribution in [0.5, 0.6) is 0 Å². The summed E-state index contributed by atoms with van der Waals surface area (Å²) in [7, 11) is 2.19. The summed E-state index contributed by atoms with van der Waals surface area (Å²) in [6.45, 7) is 7.37. The fourth-order valence-corrected chi connectivity index (χ4v) is 4.16. The SMILES string of the molecule is CC[N+](C)(CC)CCOC(=O)C(CO)(c1ccccc1)C1CCCCC1.[Br-]. The average molecular weight is 442 g/mol. The van der Waals surface area contributed by atoms with Crippen molar-refractivity contribution >= 4 is 5.97 Å². The van der Waals surface area contributed by atoms with E-state index in [0.717, 1.165) is 55.4 Å². The molecule has 1 aromatic rings. The summed E-state index contributed by atoms with van der Waals surface area (Å²) in [6, 6.07) is 9.76. The number of nitrogens with zero attached hydrogens (tertiary/aromatic N) is 1. The average Bonchev–Trinajstić information content (AvgIpc) is 2.70. The normalized spacial score (nSPS) is 17.6. The molecule has 0 saturated heterocycles. The maximum atomic E-state index is 13.3. The lowest BCUT2D eigenvalue weighted by Crippen LogP contribution is -3.00. The molecular weight excluding hydrogens is 406 g/mol. The molecule has 0 spiro atoms. The number of hydrogen-bond donors (Lipinski definition) is 1. The third kappa shape index (κ3) is 5.55. The minimum Gasteiger partial charge on any atom is -1.00 e. The van der Waals surface area contributed by atoms with E-state index in [4.69, 9.17) is 4.74 Å². The molecular formula is C22H36BrNO3. The summed E-state index contributed by atoms with van der Waals surface area (Å²) in [5.74, 6) is -0.105. The van der Waals surface area contributed by atoms with Crippen LogP contribution in [0.2, 0.25) is 0 Å². The second-order valence-electron chi connectivity index (χ2n) is 7.94. The van der Waals surface area contributed by atoms with Gasteiger partial charge in [0.15, 0.2) is 0 Å². The largest absolute Gasteiger partial charge is 1.00 e. The van der Waals surface area contributed by atoms with Crippen molar-refractivity contribution < 1.29 is 36.1 Å². The third-order valence-corrected chi connectivity index (χ3v) is 6.60. The topological polar surface area (TPSA) is 46.5 Å². The molecule has 1 fully saturated rings. The second-order valence-corrected chi connectivity index (χ2v) is 7.94. The van der Waals surface area contributed by atoms with Gasteiger partial charge >= 0.3 is 5.97 Å². The van der Waals surface area contributed by atoms with Gasteiger partial charge in [-0.25, -0.2) is 0 Å². The Morgan fingerprint density at radius 2 is 1.74 bits per heavy atom. The van der Waals surface area contributed by atoms with Gasteiger partial charge in [0.2, 0.25) is 0 Å². The van der Waals surface area contributed by atoms with E-state index in [9.17, 15) is 9.90 Å². The van der Waals surface area contributed by atoms with Crippen LogP contribution in [-0.2, 0) is 14.9 Å². The van der Waals surface area contributed by atoms with Crippen LogP contribution in [0.3, 0.4) is 0 Å². The molecule has 154 valence electrons. The van der Waals surface area contributed by atoms with E-state index in [-0.39, 0.29) is 35.5 Å². The molecule has 1 unspecified atom stereocenters. The Hall–Kier alpha value is -0.910. The molecule has 2 rings (SSSR count). The first kappa shape index (κ1) is 24.1. The summed E-state index contributed by atoms with van der Waals surface area (Å²) in [5.41, 5.74) is -0.0357. The number of hydrogen-bond acceptors (Lipinski definition) is 3. The zero-order valence-corrected chi connectivity index (χ0v) is 18.7. The molecule has 1 aromatic carbocycles. The second kappa shape index (κ2) is 11.2. The number of benzene rings is 1. The molecule has 5 heteroatoms. The van der Waals surface area contributed by atoms with Crippen LogP contribution in [0.15, 0.2) is 30.3 Å². The first-order valence-electron chi connectivity index (χ1n) is 10.2. The molecule has 1 aliphatic rings. The van der Waals surface area contributed by atoms with Crippen molar-refractivity contribution in [2.75, 3.05) is 39.9 Å². The Bertz CT molecular complexity index is 556. The maximum Gasteiger partial charge on any atom is 0.319 e. The zero-order chi connectivity index (χ0) is 19.0.